The van der Waals surface area contributed by atoms with Crippen LogP contribution < -0.4 is 15.4 Å². The highest BCUT2D eigenvalue weighted by Gasteiger charge is 2.23. The summed E-state index contributed by atoms with van der Waals surface area (Å²) in [5.41, 5.74) is 0.877. The van der Waals surface area contributed by atoms with Gasteiger partial charge >= 0.3 is 0 Å². The first-order chi connectivity index (χ1) is 14.5. The summed E-state index contributed by atoms with van der Waals surface area (Å²) in [4.78, 5) is 16.4. The molecule has 0 radical (unpaired) electrons. The van der Waals surface area contributed by atoms with Crippen molar-refractivity contribution in [2.24, 2.45) is 0 Å². The molecule has 32 heavy (non-hydrogen) atoms. The molecule has 3 aromatic rings. The van der Waals surface area contributed by atoms with Crippen molar-refractivity contribution in [2.75, 3.05) is 12.4 Å². The Labute approximate surface area is 199 Å². The summed E-state index contributed by atoms with van der Waals surface area (Å²) >= 11 is 0. The van der Waals surface area contributed by atoms with Gasteiger partial charge in [0.1, 0.15) is 22.9 Å². The molecule has 10 heteroatoms. The summed E-state index contributed by atoms with van der Waals surface area (Å²) in [5, 5.41) is 6.54. The van der Waals surface area contributed by atoms with Crippen LogP contribution in [0.25, 0.3) is 5.65 Å². The van der Waals surface area contributed by atoms with Crippen LogP contribution in [0.15, 0.2) is 48.7 Å². The Bertz CT molecular complexity index is 1020. The van der Waals surface area contributed by atoms with Gasteiger partial charge in [0.05, 0.1) is 7.11 Å². The molecule has 0 unspecified atom stereocenters. The zero-order chi connectivity index (χ0) is 21.1. The third-order valence-corrected chi connectivity index (χ3v) is 5.50. The van der Waals surface area contributed by atoms with Crippen LogP contribution in [0.2, 0.25) is 0 Å². The largest absolute Gasteiger partial charge is 0.497 e. The quantitative estimate of drug-likeness (QED) is 0.536. The van der Waals surface area contributed by atoms with Gasteiger partial charge in [-0.3, -0.25) is 9.20 Å². The Morgan fingerprint density at radius 2 is 1.72 bits per heavy atom. The number of amides is 1. The minimum absolute atomic E-state index is 0. The monoisotopic (exact) mass is 482 g/mol. The third kappa shape index (κ3) is 5.86. The number of aromatic nitrogens is 2. The van der Waals surface area contributed by atoms with Crippen LogP contribution in [0.3, 0.4) is 0 Å². The summed E-state index contributed by atoms with van der Waals surface area (Å²) in [5.74, 6) is 1.38. The molecule has 1 aromatic carbocycles. The highest BCUT2D eigenvalue weighted by atomic mass is 32.1. The lowest BCUT2D eigenvalue weighted by Crippen LogP contribution is -2.40. The molecule has 1 aliphatic carbocycles. The number of imidazole rings is 1. The third-order valence-electron chi connectivity index (χ3n) is 5.50. The van der Waals surface area contributed by atoms with E-state index in [2.05, 4.69) is 15.6 Å². The standard InChI is InChI=1S/C22H24F2N4O2.2H2S/c1-30-17-11-5-14(6-12-17)22(29)26-16-9-7-15(8-10-16)25-19-3-2-4-20-27-18(21(23)24)13-28(19)20;;/h2-6,11-13,15-16,21,25H,7-10H2,1H3,(H,26,29);2*1H2. The smallest absolute Gasteiger partial charge is 0.281 e. The molecule has 0 aliphatic heterocycles. The Morgan fingerprint density at radius 3 is 2.34 bits per heavy atom. The number of ether oxygens (including phenoxy) is 1. The number of halogens is 2. The van der Waals surface area contributed by atoms with Gasteiger partial charge in [0.25, 0.3) is 12.3 Å². The van der Waals surface area contributed by atoms with Crippen molar-refractivity contribution >= 4 is 44.4 Å². The van der Waals surface area contributed by atoms with Crippen molar-refractivity contribution in [1.82, 2.24) is 14.7 Å². The van der Waals surface area contributed by atoms with Gasteiger partial charge in [-0.1, -0.05) is 6.07 Å². The highest BCUT2D eigenvalue weighted by Crippen LogP contribution is 2.25. The second-order valence-electron chi connectivity index (χ2n) is 7.50. The topological polar surface area (TPSA) is 67.7 Å². The van der Waals surface area contributed by atoms with Crippen LogP contribution in [-0.4, -0.2) is 34.5 Å². The van der Waals surface area contributed by atoms with Crippen LogP contribution in [0.5, 0.6) is 5.75 Å². The molecule has 6 nitrogen and oxygen atoms in total. The Hall–Kier alpha value is -2.46. The fourth-order valence-electron chi connectivity index (χ4n) is 3.85. The van der Waals surface area contributed by atoms with Crippen LogP contribution in [0, 0.1) is 0 Å². The minimum atomic E-state index is -2.59. The SMILES string of the molecule is COc1ccc(C(=O)NC2CCC(Nc3cccc4nc(C(F)F)cn34)CC2)cc1.S.S. The number of anilines is 1. The molecule has 4 rings (SSSR count). The predicted molar refractivity (Wildman–Crippen MR) is 131 cm³/mol. The lowest BCUT2D eigenvalue weighted by Gasteiger charge is -2.30. The number of nitrogens with one attached hydrogen (secondary N) is 2. The number of rotatable bonds is 6. The van der Waals surface area contributed by atoms with Crippen molar-refractivity contribution in [2.45, 2.75) is 44.2 Å². The molecule has 1 fully saturated rings. The van der Waals surface area contributed by atoms with E-state index < -0.39 is 6.43 Å². The van der Waals surface area contributed by atoms with Gasteiger partial charge in [0.15, 0.2) is 0 Å². The number of carbonyl (C=O) groups excluding carboxylic acids is 1. The van der Waals surface area contributed by atoms with E-state index in [0.29, 0.717) is 17.0 Å². The number of hydrogen-bond acceptors (Lipinski definition) is 4. The maximum absolute atomic E-state index is 13.0. The Balaban J connectivity index is 0.00000181. The van der Waals surface area contributed by atoms with Gasteiger partial charge in [-0.2, -0.15) is 27.0 Å². The lowest BCUT2D eigenvalue weighted by molar-refractivity contribution is 0.0926. The van der Waals surface area contributed by atoms with E-state index in [9.17, 15) is 13.6 Å². The summed E-state index contributed by atoms with van der Waals surface area (Å²) in [6, 6.07) is 12.7. The number of nitrogens with zero attached hydrogens (tertiary/aromatic N) is 2. The molecular formula is C22H28F2N4O2S2. The average molecular weight is 483 g/mol. The van der Waals surface area contributed by atoms with E-state index in [1.807, 2.05) is 6.07 Å². The zero-order valence-electron chi connectivity index (χ0n) is 17.6. The van der Waals surface area contributed by atoms with Gasteiger partial charge in [0.2, 0.25) is 0 Å². The number of pyridine rings is 1. The molecule has 2 heterocycles. The molecule has 1 amide bonds. The predicted octanol–water partition coefficient (Wildman–Crippen LogP) is 4.66. The van der Waals surface area contributed by atoms with E-state index in [4.69, 9.17) is 4.74 Å². The van der Waals surface area contributed by atoms with Gasteiger partial charge in [-0.05, 0) is 62.1 Å². The molecule has 1 saturated carbocycles. The van der Waals surface area contributed by atoms with E-state index >= 15 is 0 Å². The normalized spacial score (nSPS) is 17.9. The molecule has 2 N–H and O–H groups in total. The van der Waals surface area contributed by atoms with Crippen LogP contribution in [-0.2, 0) is 0 Å². The first-order valence-electron chi connectivity index (χ1n) is 10.0. The fourth-order valence-corrected chi connectivity index (χ4v) is 3.85. The van der Waals surface area contributed by atoms with Crippen molar-refractivity contribution in [1.29, 1.82) is 0 Å². The molecule has 174 valence electrons. The van der Waals surface area contributed by atoms with E-state index in [-0.39, 0.29) is 50.7 Å². The maximum Gasteiger partial charge on any atom is 0.281 e. The van der Waals surface area contributed by atoms with Crippen molar-refractivity contribution < 1.29 is 18.3 Å². The molecule has 2 aromatic heterocycles. The molecular weight excluding hydrogens is 454 g/mol. The molecule has 0 bridgehead atoms. The molecule has 0 atom stereocenters. The molecule has 0 spiro atoms. The Kier molecular flexibility index (Phi) is 9.21. The van der Waals surface area contributed by atoms with Crippen molar-refractivity contribution in [3.8, 4) is 5.75 Å². The molecule has 0 saturated heterocycles. The zero-order valence-corrected chi connectivity index (χ0v) is 19.6. The number of hydrogen-bond donors (Lipinski definition) is 2. The van der Waals surface area contributed by atoms with Crippen LogP contribution in [0.4, 0.5) is 14.6 Å². The number of benzene rings is 1. The Morgan fingerprint density at radius 1 is 1.06 bits per heavy atom. The minimum Gasteiger partial charge on any atom is -0.497 e. The average Bonchev–Trinajstić information content (AvgIpc) is 3.21. The summed E-state index contributed by atoms with van der Waals surface area (Å²) < 4.78 is 32.7. The number of fused-ring (bicyclic) bond motifs is 1. The fraction of sp³-hybridized carbons (Fsp3) is 0.364. The van der Waals surface area contributed by atoms with Gasteiger partial charge < -0.3 is 15.4 Å². The van der Waals surface area contributed by atoms with Crippen LogP contribution >= 0.6 is 27.0 Å². The summed E-state index contributed by atoms with van der Waals surface area (Å²) in [6.45, 7) is 0. The van der Waals surface area contributed by atoms with Gasteiger partial charge in [-0.15, -0.1) is 0 Å². The first kappa shape index (κ1) is 25.8. The second kappa shape index (κ2) is 11.4. The van der Waals surface area contributed by atoms with E-state index in [1.165, 1.54) is 6.20 Å². The number of alkyl halides is 2. The molecule has 1 aliphatic rings. The maximum atomic E-state index is 13.0. The first-order valence-corrected chi connectivity index (χ1v) is 10.0. The van der Waals surface area contributed by atoms with Crippen molar-refractivity contribution in [3.05, 3.63) is 59.9 Å². The number of methoxy groups -OCH3 is 1. The van der Waals surface area contributed by atoms with E-state index in [0.717, 1.165) is 31.5 Å². The van der Waals surface area contributed by atoms with Crippen LogP contribution in [0.1, 0.15) is 48.2 Å². The lowest BCUT2D eigenvalue weighted by atomic mass is 9.91. The van der Waals surface area contributed by atoms with Crippen molar-refractivity contribution in [3.63, 3.8) is 0 Å². The highest BCUT2D eigenvalue weighted by molar-refractivity contribution is 7.59. The number of carbonyl (C=O) groups is 1. The summed E-state index contributed by atoms with van der Waals surface area (Å²) in [6.07, 6.45) is 2.23. The van der Waals surface area contributed by atoms with Gasteiger partial charge in [-0.25, -0.2) is 13.8 Å². The second-order valence-corrected chi connectivity index (χ2v) is 7.50. The summed E-state index contributed by atoms with van der Waals surface area (Å²) in [7, 11) is 1.59. The van der Waals surface area contributed by atoms with E-state index in [1.54, 1.807) is 47.9 Å². The van der Waals surface area contributed by atoms with Gasteiger partial charge in [0, 0.05) is 23.8 Å².